The molecule has 0 spiro atoms. The van der Waals surface area contributed by atoms with Gasteiger partial charge >= 0.3 is 0 Å². The third-order valence-corrected chi connectivity index (χ3v) is 4.80. The Balaban J connectivity index is 2.05. The van der Waals surface area contributed by atoms with Gasteiger partial charge in [-0.1, -0.05) is 19.4 Å². The summed E-state index contributed by atoms with van der Waals surface area (Å²) in [4.78, 5) is 2.11. The summed E-state index contributed by atoms with van der Waals surface area (Å²) in [5.74, 6) is 1.08. The smallest absolute Gasteiger partial charge is 0.146 e. The van der Waals surface area contributed by atoms with Gasteiger partial charge in [-0.2, -0.15) is 0 Å². The molecule has 1 nitrogen and oxygen atoms in total. The molecule has 0 aliphatic heterocycles. The third-order valence-electron chi connectivity index (χ3n) is 4.49. The Morgan fingerprint density at radius 3 is 2.47 bits per heavy atom. The van der Waals surface area contributed by atoms with E-state index in [-0.39, 0.29) is 5.82 Å². The molecule has 0 saturated heterocycles. The molecule has 1 aliphatic rings. The quantitative estimate of drug-likeness (QED) is 0.705. The van der Waals surface area contributed by atoms with E-state index >= 15 is 0 Å². The lowest BCUT2D eigenvalue weighted by Crippen LogP contribution is -2.35. The zero-order valence-electron chi connectivity index (χ0n) is 11.8. The minimum Gasteiger partial charge on any atom is -0.369 e. The van der Waals surface area contributed by atoms with Crippen LogP contribution in [0.15, 0.2) is 18.2 Å². The molecule has 2 rings (SSSR count). The number of hydrogen-bond acceptors (Lipinski definition) is 1. The van der Waals surface area contributed by atoms with Crippen molar-refractivity contribution < 1.29 is 4.39 Å². The Bertz CT molecular complexity index is 413. The highest BCUT2D eigenvalue weighted by atomic mass is 35.5. The molecule has 3 heteroatoms. The molecular weight excluding hydrogens is 261 g/mol. The first-order valence-electron chi connectivity index (χ1n) is 7.23. The SMILES string of the molecule is CCC1CCC(N(C)c2ccc(CCl)cc2F)CC1. The second-order valence-corrected chi connectivity index (χ2v) is 5.88. The van der Waals surface area contributed by atoms with E-state index in [2.05, 4.69) is 11.8 Å². The van der Waals surface area contributed by atoms with Gasteiger partial charge in [0.2, 0.25) is 0 Å². The molecule has 0 aromatic heterocycles. The van der Waals surface area contributed by atoms with E-state index in [0.717, 1.165) is 11.5 Å². The van der Waals surface area contributed by atoms with Crippen LogP contribution >= 0.6 is 11.6 Å². The van der Waals surface area contributed by atoms with Crippen LogP contribution in [0, 0.1) is 11.7 Å². The van der Waals surface area contributed by atoms with Crippen molar-refractivity contribution >= 4 is 17.3 Å². The maximum atomic E-state index is 14.1. The molecule has 1 saturated carbocycles. The van der Waals surface area contributed by atoms with Gasteiger partial charge < -0.3 is 4.90 Å². The van der Waals surface area contributed by atoms with Crippen molar-refractivity contribution in [3.05, 3.63) is 29.6 Å². The lowest BCUT2D eigenvalue weighted by molar-refractivity contribution is 0.312. The van der Waals surface area contributed by atoms with E-state index in [0.29, 0.717) is 17.6 Å². The molecule has 19 heavy (non-hydrogen) atoms. The van der Waals surface area contributed by atoms with Gasteiger partial charge in [0.15, 0.2) is 0 Å². The molecule has 0 atom stereocenters. The summed E-state index contributed by atoms with van der Waals surface area (Å²) in [7, 11) is 2.01. The number of halogens is 2. The van der Waals surface area contributed by atoms with E-state index in [9.17, 15) is 4.39 Å². The van der Waals surface area contributed by atoms with E-state index in [1.54, 1.807) is 6.07 Å². The molecule has 0 bridgehead atoms. The molecule has 1 aliphatic carbocycles. The van der Waals surface area contributed by atoms with Crippen LogP contribution in [0.3, 0.4) is 0 Å². The van der Waals surface area contributed by atoms with Gasteiger partial charge in [0.25, 0.3) is 0 Å². The number of alkyl halides is 1. The lowest BCUT2D eigenvalue weighted by Gasteiger charge is -2.36. The normalized spacial score (nSPS) is 23.4. The molecule has 0 radical (unpaired) electrons. The van der Waals surface area contributed by atoms with Crippen molar-refractivity contribution in [1.82, 2.24) is 0 Å². The van der Waals surface area contributed by atoms with Crippen LogP contribution in [0.2, 0.25) is 0 Å². The third kappa shape index (κ3) is 3.42. The first-order valence-corrected chi connectivity index (χ1v) is 7.76. The van der Waals surface area contributed by atoms with Crippen LogP contribution in [-0.2, 0) is 5.88 Å². The largest absolute Gasteiger partial charge is 0.369 e. The maximum absolute atomic E-state index is 14.1. The number of nitrogens with zero attached hydrogens (tertiary/aromatic N) is 1. The zero-order valence-corrected chi connectivity index (χ0v) is 12.6. The van der Waals surface area contributed by atoms with E-state index in [1.165, 1.54) is 32.1 Å². The monoisotopic (exact) mass is 283 g/mol. The minimum atomic E-state index is -0.154. The summed E-state index contributed by atoms with van der Waals surface area (Å²) in [5.41, 5.74) is 1.54. The van der Waals surface area contributed by atoms with Crippen molar-refractivity contribution in [3.8, 4) is 0 Å². The van der Waals surface area contributed by atoms with Crippen molar-refractivity contribution in [2.24, 2.45) is 5.92 Å². The van der Waals surface area contributed by atoms with E-state index < -0.39 is 0 Å². The number of rotatable bonds is 4. The molecule has 1 aromatic carbocycles. The van der Waals surface area contributed by atoms with Gasteiger partial charge in [-0.3, -0.25) is 0 Å². The Kier molecular flexibility index (Phi) is 5.09. The Morgan fingerprint density at radius 2 is 1.95 bits per heavy atom. The summed E-state index contributed by atoms with van der Waals surface area (Å²) in [6, 6.07) is 5.80. The number of anilines is 1. The first kappa shape index (κ1) is 14.6. The lowest BCUT2D eigenvalue weighted by atomic mass is 9.84. The van der Waals surface area contributed by atoms with Crippen molar-refractivity contribution in [1.29, 1.82) is 0 Å². The average Bonchev–Trinajstić information content (AvgIpc) is 2.46. The Hall–Kier alpha value is -0.760. The molecule has 0 N–H and O–H groups in total. The molecule has 0 amide bonds. The maximum Gasteiger partial charge on any atom is 0.146 e. The highest BCUT2D eigenvalue weighted by Gasteiger charge is 2.24. The predicted molar refractivity (Wildman–Crippen MR) is 80.4 cm³/mol. The second kappa shape index (κ2) is 6.60. The van der Waals surface area contributed by atoms with Crippen molar-refractivity contribution in [3.63, 3.8) is 0 Å². The molecule has 0 unspecified atom stereocenters. The van der Waals surface area contributed by atoms with Crippen molar-refractivity contribution in [2.45, 2.75) is 50.9 Å². The van der Waals surface area contributed by atoms with E-state index in [1.807, 2.05) is 19.2 Å². The highest BCUT2D eigenvalue weighted by molar-refractivity contribution is 6.17. The Labute approximate surface area is 120 Å². The van der Waals surface area contributed by atoms with Gasteiger partial charge in [-0.05, 0) is 49.3 Å². The fraction of sp³-hybridized carbons (Fsp3) is 0.625. The Morgan fingerprint density at radius 1 is 1.26 bits per heavy atom. The van der Waals surface area contributed by atoms with Gasteiger partial charge in [-0.15, -0.1) is 11.6 Å². The fourth-order valence-corrected chi connectivity index (χ4v) is 3.22. The molecule has 1 aromatic rings. The topological polar surface area (TPSA) is 3.24 Å². The van der Waals surface area contributed by atoms with Crippen LogP contribution < -0.4 is 4.90 Å². The molecular formula is C16H23ClFN. The van der Waals surface area contributed by atoms with Crippen LogP contribution in [0.4, 0.5) is 10.1 Å². The predicted octanol–water partition coefficient (Wildman–Crippen LogP) is 4.97. The standard InChI is InChI=1S/C16H23ClFN/c1-3-12-4-7-14(8-5-12)19(2)16-9-6-13(11-17)10-15(16)18/h6,9-10,12,14H,3-5,7-8,11H2,1-2H3. The minimum absolute atomic E-state index is 0.154. The average molecular weight is 284 g/mol. The number of benzene rings is 1. The first-order chi connectivity index (χ1) is 9.15. The van der Waals surface area contributed by atoms with Gasteiger partial charge in [0.05, 0.1) is 5.69 Å². The summed E-state index contributed by atoms with van der Waals surface area (Å²) >= 11 is 5.73. The summed E-state index contributed by atoms with van der Waals surface area (Å²) in [5, 5.41) is 0. The van der Waals surface area contributed by atoms with Crippen LogP contribution in [0.5, 0.6) is 0 Å². The highest BCUT2D eigenvalue weighted by Crippen LogP contribution is 2.32. The van der Waals surface area contributed by atoms with Crippen LogP contribution in [0.1, 0.15) is 44.6 Å². The summed E-state index contributed by atoms with van der Waals surface area (Å²) in [6.45, 7) is 2.26. The van der Waals surface area contributed by atoms with Crippen LogP contribution in [0.25, 0.3) is 0 Å². The van der Waals surface area contributed by atoms with Gasteiger partial charge in [0.1, 0.15) is 5.82 Å². The summed E-state index contributed by atoms with van der Waals surface area (Å²) < 4.78 is 14.1. The zero-order chi connectivity index (χ0) is 13.8. The van der Waals surface area contributed by atoms with E-state index in [4.69, 9.17) is 11.6 Å². The number of hydrogen-bond donors (Lipinski definition) is 0. The van der Waals surface area contributed by atoms with Crippen LogP contribution in [-0.4, -0.2) is 13.1 Å². The van der Waals surface area contributed by atoms with Gasteiger partial charge in [0, 0.05) is 19.0 Å². The molecule has 106 valence electrons. The van der Waals surface area contributed by atoms with Gasteiger partial charge in [-0.25, -0.2) is 4.39 Å². The fourth-order valence-electron chi connectivity index (χ4n) is 3.06. The molecule has 0 heterocycles. The second-order valence-electron chi connectivity index (χ2n) is 5.61. The summed E-state index contributed by atoms with van der Waals surface area (Å²) in [6.07, 6.45) is 6.16. The van der Waals surface area contributed by atoms with Crippen molar-refractivity contribution in [2.75, 3.05) is 11.9 Å². The molecule has 1 fully saturated rings.